The van der Waals surface area contributed by atoms with Crippen LogP contribution in [0.15, 0.2) is 60.7 Å². The lowest BCUT2D eigenvalue weighted by atomic mass is 10.3. The van der Waals surface area contributed by atoms with Crippen molar-refractivity contribution in [2.45, 2.75) is 0 Å². The largest absolute Gasteiger partial charge is 0.368 e. The summed E-state index contributed by atoms with van der Waals surface area (Å²) in [4.78, 5) is 8.31. The SMILES string of the molecule is Nc1nc(Nc2ccccc2)n(-c2ccccc2)c(=S)n1. The van der Waals surface area contributed by atoms with Crippen LogP contribution in [0.25, 0.3) is 5.69 Å². The van der Waals surface area contributed by atoms with Crippen molar-refractivity contribution in [3.8, 4) is 5.69 Å². The molecule has 0 fully saturated rings. The molecule has 0 aliphatic rings. The van der Waals surface area contributed by atoms with Gasteiger partial charge in [-0.2, -0.15) is 9.97 Å². The molecule has 0 radical (unpaired) electrons. The smallest absolute Gasteiger partial charge is 0.226 e. The van der Waals surface area contributed by atoms with Gasteiger partial charge in [-0.25, -0.2) is 0 Å². The van der Waals surface area contributed by atoms with E-state index in [-0.39, 0.29) is 5.95 Å². The number of hydrogen-bond acceptors (Lipinski definition) is 5. The lowest BCUT2D eigenvalue weighted by molar-refractivity contribution is 0.915. The molecule has 0 atom stereocenters. The average molecular weight is 295 g/mol. The number of hydrogen-bond donors (Lipinski definition) is 2. The highest BCUT2D eigenvalue weighted by Crippen LogP contribution is 2.19. The van der Waals surface area contributed by atoms with E-state index in [0.717, 1.165) is 11.4 Å². The second-order valence-electron chi connectivity index (χ2n) is 4.35. The number of benzene rings is 2. The summed E-state index contributed by atoms with van der Waals surface area (Å²) >= 11 is 5.32. The van der Waals surface area contributed by atoms with Crippen LogP contribution in [0.1, 0.15) is 0 Å². The van der Waals surface area contributed by atoms with Crippen LogP contribution in [0.2, 0.25) is 0 Å². The molecule has 0 amide bonds. The summed E-state index contributed by atoms with van der Waals surface area (Å²) in [5.74, 6) is 0.676. The summed E-state index contributed by atoms with van der Waals surface area (Å²) in [5.41, 5.74) is 7.49. The Morgan fingerprint density at radius 3 is 2.19 bits per heavy atom. The van der Waals surface area contributed by atoms with E-state index in [4.69, 9.17) is 18.0 Å². The standard InChI is InChI=1S/C15H13N5S/c16-13-18-14(17-11-7-3-1-4-8-11)20(15(21)19-13)12-9-5-2-6-10-12/h1-10H,(H3,16,17,18,19,21). The van der Waals surface area contributed by atoms with Gasteiger partial charge in [0.25, 0.3) is 0 Å². The fourth-order valence-electron chi connectivity index (χ4n) is 1.97. The average Bonchev–Trinajstić information content (AvgIpc) is 2.48. The quantitative estimate of drug-likeness (QED) is 0.725. The normalized spacial score (nSPS) is 10.3. The van der Waals surface area contributed by atoms with Gasteiger partial charge in [0, 0.05) is 5.69 Å². The van der Waals surface area contributed by atoms with Crippen molar-refractivity contribution in [1.29, 1.82) is 0 Å². The first kappa shape index (κ1) is 13.3. The van der Waals surface area contributed by atoms with Gasteiger partial charge in [-0.3, -0.25) is 4.57 Å². The van der Waals surface area contributed by atoms with Crippen molar-refractivity contribution in [2.75, 3.05) is 11.1 Å². The van der Waals surface area contributed by atoms with Gasteiger partial charge in [0.1, 0.15) is 0 Å². The van der Waals surface area contributed by atoms with E-state index in [2.05, 4.69) is 15.3 Å². The maximum absolute atomic E-state index is 5.72. The lowest BCUT2D eigenvalue weighted by Crippen LogP contribution is -2.11. The van der Waals surface area contributed by atoms with Crippen LogP contribution < -0.4 is 11.1 Å². The number of rotatable bonds is 3. The first-order valence-electron chi connectivity index (χ1n) is 6.38. The van der Waals surface area contributed by atoms with Gasteiger partial charge in [-0.15, -0.1) is 0 Å². The van der Waals surface area contributed by atoms with Crippen LogP contribution in [0.5, 0.6) is 0 Å². The fraction of sp³-hybridized carbons (Fsp3) is 0. The number of nitrogens with two attached hydrogens (primary N) is 1. The molecule has 21 heavy (non-hydrogen) atoms. The second kappa shape index (κ2) is 5.72. The van der Waals surface area contributed by atoms with Crippen LogP contribution in [0.4, 0.5) is 17.6 Å². The van der Waals surface area contributed by atoms with Gasteiger partial charge in [0.05, 0.1) is 5.69 Å². The third-order valence-corrected chi connectivity index (χ3v) is 3.15. The molecule has 1 heterocycles. The van der Waals surface area contributed by atoms with Gasteiger partial charge in [0.15, 0.2) is 0 Å². The molecule has 0 aliphatic carbocycles. The zero-order valence-corrected chi connectivity index (χ0v) is 11.9. The summed E-state index contributed by atoms with van der Waals surface area (Å²) in [6, 6.07) is 19.4. The molecule has 1 aromatic heterocycles. The van der Waals surface area contributed by atoms with E-state index in [1.807, 2.05) is 60.7 Å². The summed E-state index contributed by atoms with van der Waals surface area (Å²) in [7, 11) is 0. The summed E-state index contributed by atoms with van der Waals surface area (Å²) in [5, 5.41) is 3.22. The van der Waals surface area contributed by atoms with Gasteiger partial charge >= 0.3 is 0 Å². The molecule has 0 saturated carbocycles. The highest BCUT2D eigenvalue weighted by atomic mass is 32.1. The molecule has 104 valence electrons. The van der Waals surface area contributed by atoms with Crippen LogP contribution >= 0.6 is 12.2 Å². The van der Waals surface area contributed by atoms with E-state index in [0.29, 0.717) is 10.7 Å². The highest BCUT2D eigenvalue weighted by molar-refractivity contribution is 7.71. The van der Waals surface area contributed by atoms with Crippen LogP contribution in [0.3, 0.4) is 0 Å². The summed E-state index contributed by atoms with van der Waals surface area (Å²) in [6.45, 7) is 0. The topological polar surface area (TPSA) is 68.8 Å². The Labute approximate surface area is 127 Å². The van der Waals surface area contributed by atoms with Crippen LogP contribution in [0, 0.1) is 4.77 Å². The lowest BCUT2D eigenvalue weighted by Gasteiger charge is -2.14. The Morgan fingerprint density at radius 2 is 1.52 bits per heavy atom. The Balaban J connectivity index is 2.13. The molecule has 0 aliphatic heterocycles. The third-order valence-electron chi connectivity index (χ3n) is 2.88. The molecular weight excluding hydrogens is 282 g/mol. The predicted molar refractivity (Wildman–Crippen MR) is 86.3 cm³/mol. The Morgan fingerprint density at radius 1 is 0.905 bits per heavy atom. The van der Waals surface area contributed by atoms with E-state index in [1.165, 1.54) is 0 Å². The Kier molecular flexibility index (Phi) is 3.61. The van der Waals surface area contributed by atoms with Crippen molar-refractivity contribution < 1.29 is 0 Å². The number of nitrogen functional groups attached to an aromatic ring is 1. The number of anilines is 3. The predicted octanol–water partition coefficient (Wildman–Crippen LogP) is 3.32. The van der Waals surface area contributed by atoms with Gasteiger partial charge < -0.3 is 11.1 Å². The van der Waals surface area contributed by atoms with Crippen molar-refractivity contribution in [1.82, 2.24) is 14.5 Å². The van der Waals surface area contributed by atoms with Crippen LogP contribution in [-0.2, 0) is 0 Å². The first-order chi connectivity index (χ1) is 10.2. The molecule has 0 unspecified atom stereocenters. The van der Waals surface area contributed by atoms with Crippen molar-refractivity contribution in [3.63, 3.8) is 0 Å². The fourth-order valence-corrected chi connectivity index (χ4v) is 2.25. The second-order valence-corrected chi connectivity index (χ2v) is 4.72. The van der Waals surface area contributed by atoms with Gasteiger partial charge in [-0.05, 0) is 36.5 Å². The molecule has 3 rings (SSSR count). The molecule has 3 aromatic rings. The monoisotopic (exact) mass is 295 g/mol. The van der Waals surface area contributed by atoms with Crippen molar-refractivity contribution in [3.05, 3.63) is 65.4 Å². The van der Waals surface area contributed by atoms with Crippen molar-refractivity contribution >= 4 is 29.8 Å². The number of para-hydroxylation sites is 2. The zero-order chi connectivity index (χ0) is 14.7. The Bertz CT molecular complexity index is 799. The summed E-state index contributed by atoms with van der Waals surface area (Å²) in [6.07, 6.45) is 0. The third kappa shape index (κ3) is 2.90. The molecule has 6 heteroatoms. The van der Waals surface area contributed by atoms with Crippen LogP contribution in [-0.4, -0.2) is 14.5 Å². The van der Waals surface area contributed by atoms with Gasteiger partial charge in [0.2, 0.25) is 16.7 Å². The number of aromatic nitrogens is 3. The Hall–Kier alpha value is -2.73. The van der Waals surface area contributed by atoms with Crippen molar-refractivity contribution in [2.24, 2.45) is 0 Å². The maximum atomic E-state index is 5.72. The molecule has 0 saturated heterocycles. The van der Waals surface area contributed by atoms with E-state index >= 15 is 0 Å². The summed E-state index contributed by atoms with van der Waals surface area (Å²) < 4.78 is 2.10. The van der Waals surface area contributed by atoms with E-state index in [1.54, 1.807) is 4.57 Å². The maximum Gasteiger partial charge on any atom is 0.226 e. The minimum Gasteiger partial charge on any atom is -0.368 e. The highest BCUT2D eigenvalue weighted by Gasteiger charge is 2.08. The van der Waals surface area contributed by atoms with Gasteiger partial charge in [-0.1, -0.05) is 36.4 Å². The zero-order valence-electron chi connectivity index (χ0n) is 11.1. The van der Waals surface area contributed by atoms with E-state index in [9.17, 15) is 0 Å². The first-order valence-corrected chi connectivity index (χ1v) is 6.79. The molecule has 3 N–H and O–H groups in total. The minimum absolute atomic E-state index is 0.144. The van der Waals surface area contributed by atoms with E-state index < -0.39 is 0 Å². The molecular formula is C15H13N5S. The number of nitrogens with zero attached hydrogens (tertiary/aromatic N) is 3. The molecule has 2 aromatic carbocycles. The molecule has 5 nitrogen and oxygen atoms in total. The minimum atomic E-state index is 0.144. The number of nitrogens with one attached hydrogen (secondary N) is 1. The molecule has 0 spiro atoms. The molecule has 0 bridgehead atoms.